The molecule has 37 heavy (non-hydrogen) atoms. The molecule has 2 amide bonds. The topological polar surface area (TPSA) is 58.6 Å². The number of carbonyl (C=O) groups is 2. The number of halogens is 1. The Bertz CT molecular complexity index is 1210. The zero-order valence-electron chi connectivity index (χ0n) is 21.6. The van der Waals surface area contributed by atoms with Crippen molar-refractivity contribution in [2.45, 2.75) is 64.6 Å². The molecule has 3 aromatic carbocycles. The summed E-state index contributed by atoms with van der Waals surface area (Å²) in [6.45, 7) is 4.20. The molecule has 0 radical (unpaired) electrons. The molecule has 0 saturated heterocycles. The third-order valence-corrected chi connectivity index (χ3v) is 7.96. The first kappa shape index (κ1) is 26.9. The number of rotatable bonds is 10. The van der Waals surface area contributed by atoms with Crippen LogP contribution in [0.4, 0.5) is 0 Å². The standard InChI is InChI=1S/C31H35BrN2O3/c1-22-10-6-7-13-25(22)20-34(30(35)21-37-27-16-17-28(32)23(2)18-27)29(19-24-11-4-3-5-12-24)31(36)33-26-14-8-9-15-26/h3-7,10-13,16-18,26,29H,8-9,14-15,19-21H2,1-2H3,(H,33,36)/t29-/m0/s1. The number of ether oxygens (including phenoxy) is 1. The average molecular weight is 564 g/mol. The molecule has 1 saturated carbocycles. The number of nitrogens with zero attached hydrogens (tertiary/aromatic N) is 1. The van der Waals surface area contributed by atoms with Crippen molar-refractivity contribution >= 4 is 27.7 Å². The van der Waals surface area contributed by atoms with E-state index in [-0.39, 0.29) is 24.5 Å². The lowest BCUT2D eigenvalue weighted by Gasteiger charge is -2.32. The first-order valence-electron chi connectivity index (χ1n) is 13.0. The maximum atomic E-state index is 13.8. The quantitative estimate of drug-likeness (QED) is 0.322. The number of amides is 2. The van der Waals surface area contributed by atoms with Crippen molar-refractivity contribution in [3.8, 4) is 5.75 Å². The molecule has 3 aromatic rings. The Hall–Kier alpha value is -3.12. The SMILES string of the molecule is Cc1cc(OCC(=O)N(Cc2ccccc2C)[C@@H](Cc2ccccc2)C(=O)NC2CCCC2)ccc1Br. The molecule has 194 valence electrons. The second-order valence-electron chi connectivity index (χ2n) is 9.84. The van der Waals surface area contributed by atoms with Gasteiger partial charge >= 0.3 is 0 Å². The number of hydrogen-bond acceptors (Lipinski definition) is 3. The summed E-state index contributed by atoms with van der Waals surface area (Å²) in [5.74, 6) is 0.309. The van der Waals surface area contributed by atoms with Crippen LogP contribution in [0.25, 0.3) is 0 Å². The minimum atomic E-state index is -0.648. The van der Waals surface area contributed by atoms with Gasteiger partial charge in [-0.2, -0.15) is 0 Å². The van der Waals surface area contributed by atoms with Gasteiger partial charge in [0.05, 0.1) is 0 Å². The molecule has 0 spiro atoms. The molecule has 1 atom stereocenters. The first-order chi connectivity index (χ1) is 17.9. The van der Waals surface area contributed by atoms with E-state index in [4.69, 9.17) is 4.74 Å². The average Bonchev–Trinajstić information content (AvgIpc) is 3.41. The van der Waals surface area contributed by atoms with Crippen LogP contribution in [0.2, 0.25) is 0 Å². The number of benzene rings is 3. The van der Waals surface area contributed by atoms with E-state index in [0.29, 0.717) is 18.7 Å². The molecule has 4 rings (SSSR count). The summed E-state index contributed by atoms with van der Waals surface area (Å²) >= 11 is 3.50. The van der Waals surface area contributed by atoms with Gasteiger partial charge in [0.15, 0.2) is 6.61 Å². The Morgan fingerprint density at radius 2 is 1.68 bits per heavy atom. The number of hydrogen-bond donors (Lipinski definition) is 1. The minimum absolute atomic E-state index is 0.0998. The minimum Gasteiger partial charge on any atom is -0.484 e. The largest absolute Gasteiger partial charge is 0.484 e. The van der Waals surface area contributed by atoms with Crippen LogP contribution in [0, 0.1) is 13.8 Å². The summed E-state index contributed by atoms with van der Waals surface area (Å²) in [6, 6.07) is 23.1. The van der Waals surface area contributed by atoms with Gasteiger partial charge in [-0.1, -0.05) is 83.4 Å². The second kappa shape index (κ2) is 12.9. The predicted octanol–water partition coefficient (Wildman–Crippen LogP) is 6.14. The molecular formula is C31H35BrN2O3. The van der Waals surface area contributed by atoms with Crippen molar-refractivity contribution in [3.05, 3.63) is 99.5 Å². The fraction of sp³-hybridized carbons (Fsp3) is 0.355. The van der Waals surface area contributed by atoms with Crippen LogP contribution in [0.15, 0.2) is 77.3 Å². The van der Waals surface area contributed by atoms with Crippen LogP contribution in [-0.4, -0.2) is 35.4 Å². The molecule has 0 heterocycles. The Balaban J connectivity index is 1.62. The van der Waals surface area contributed by atoms with E-state index in [1.807, 2.05) is 86.6 Å². The Morgan fingerprint density at radius 3 is 2.38 bits per heavy atom. The lowest BCUT2D eigenvalue weighted by atomic mass is 10.0. The molecule has 1 aliphatic carbocycles. The van der Waals surface area contributed by atoms with Crippen molar-refractivity contribution in [3.63, 3.8) is 0 Å². The summed E-state index contributed by atoms with van der Waals surface area (Å²) in [6.07, 6.45) is 4.67. The van der Waals surface area contributed by atoms with Gasteiger partial charge in [-0.05, 0) is 67.1 Å². The molecule has 1 aliphatic rings. The molecule has 5 nitrogen and oxygen atoms in total. The third kappa shape index (κ3) is 7.45. The van der Waals surface area contributed by atoms with E-state index in [9.17, 15) is 9.59 Å². The van der Waals surface area contributed by atoms with Crippen molar-refractivity contribution in [2.75, 3.05) is 6.61 Å². The molecule has 0 aromatic heterocycles. The van der Waals surface area contributed by atoms with Gasteiger partial charge in [0.25, 0.3) is 5.91 Å². The van der Waals surface area contributed by atoms with Crippen molar-refractivity contribution in [1.82, 2.24) is 10.2 Å². The van der Waals surface area contributed by atoms with E-state index < -0.39 is 6.04 Å². The van der Waals surface area contributed by atoms with Gasteiger partial charge < -0.3 is 15.0 Å². The maximum absolute atomic E-state index is 13.8. The zero-order valence-corrected chi connectivity index (χ0v) is 23.2. The highest BCUT2D eigenvalue weighted by Crippen LogP contribution is 2.23. The van der Waals surface area contributed by atoms with Gasteiger partial charge in [-0.15, -0.1) is 0 Å². The molecule has 1 N–H and O–H groups in total. The normalized spacial score (nSPS) is 14.2. The molecule has 0 unspecified atom stereocenters. The van der Waals surface area contributed by atoms with Crippen molar-refractivity contribution in [2.24, 2.45) is 0 Å². The maximum Gasteiger partial charge on any atom is 0.261 e. The molecular weight excluding hydrogens is 528 g/mol. The van der Waals surface area contributed by atoms with Gasteiger partial charge in [0.1, 0.15) is 11.8 Å². The second-order valence-corrected chi connectivity index (χ2v) is 10.7. The Labute approximate surface area is 228 Å². The molecule has 0 bridgehead atoms. The van der Waals surface area contributed by atoms with Crippen LogP contribution in [-0.2, 0) is 22.6 Å². The van der Waals surface area contributed by atoms with E-state index in [0.717, 1.165) is 52.4 Å². The number of aryl methyl sites for hydroxylation is 2. The van der Waals surface area contributed by atoms with E-state index in [1.54, 1.807) is 4.90 Å². The van der Waals surface area contributed by atoms with E-state index >= 15 is 0 Å². The van der Waals surface area contributed by atoms with Crippen LogP contribution in [0.1, 0.15) is 47.9 Å². The van der Waals surface area contributed by atoms with Crippen LogP contribution in [0.5, 0.6) is 5.75 Å². The van der Waals surface area contributed by atoms with Gasteiger partial charge in [-0.3, -0.25) is 9.59 Å². The monoisotopic (exact) mass is 562 g/mol. The smallest absolute Gasteiger partial charge is 0.261 e. The summed E-state index contributed by atoms with van der Waals surface area (Å²) in [7, 11) is 0. The van der Waals surface area contributed by atoms with E-state index in [2.05, 4.69) is 21.2 Å². The lowest BCUT2D eigenvalue weighted by Crippen LogP contribution is -2.53. The third-order valence-electron chi connectivity index (χ3n) is 7.07. The summed E-state index contributed by atoms with van der Waals surface area (Å²) in [5, 5.41) is 3.24. The summed E-state index contributed by atoms with van der Waals surface area (Å²) in [5.41, 5.74) is 4.14. The van der Waals surface area contributed by atoms with Gasteiger partial charge in [-0.25, -0.2) is 0 Å². The fourth-order valence-corrected chi connectivity index (χ4v) is 5.07. The highest BCUT2D eigenvalue weighted by molar-refractivity contribution is 9.10. The fourth-order valence-electron chi connectivity index (χ4n) is 4.83. The highest BCUT2D eigenvalue weighted by Gasteiger charge is 2.32. The van der Waals surface area contributed by atoms with Crippen LogP contribution >= 0.6 is 15.9 Å². The first-order valence-corrected chi connectivity index (χ1v) is 13.8. The molecule has 0 aliphatic heterocycles. The summed E-state index contributed by atoms with van der Waals surface area (Å²) in [4.78, 5) is 29.2. The van der Waals surface area contributed by atoms with Crippen molar-refractivity contribution in [1.29, 1.82) is 0 Å². The highest BCUT2D eigenvalue weighted by atomic mass is 79.9. The van der Waals surface area contributed by atoms with Gasteiger partial charge in [0, 0.05) is 23.5 Å². The lowest BCUT2D eigenvalue weighted by molar-refractivity contribution is -0.143. The van der Waals surface area contributed by atoms with Gasteiger partial charge in [0.2, 0.25) is 5.91 Å². The van der Waals surface area contributed by atoms with Crippen LogP contribution in [0.3, 0.4) is 0 Å². The van der Waals surface area contributed by atoms with E-state index in [1.165, 1.54) is 0 Å². The number of nitrogens with one attached hydrogen (secondary N) is 1. The number of carbonyl (C=O) groups excluding carboxylic acids is 2. The Morgan fingerprint density at radius 1 is 0.973 bits per heavy atom. The van der Waals surface area contributed by atoms with Crippen LogP contribution < -0.4 is 10.1 Å². The zero-order chi connectivity index (χ0) is 26.2. The Kier molecular flexibility index (Phi) is 9.40. The molecule has 1 fully saturated rings. The predicted molar refractivity (Wildman–Crippen MR) is 150 cm³/mol. The van der Waals surface area contributed by atoms with Crippen molar-refractivity contribution < 1.29 is 14.3 Å². The summed E-state index contributed by atoms with van der Waals surface area (Å²) < 4.78 is 6.91. The molecule has 6 heteroatoms.